The highest BCUT2D eigenvalue weighted by molar-refractivity contribution is 5.31. The van der Waals surface area contributed by atoms with Crippen LogP contribution in [0, 0.1) is 0 Å². The van der Waals surface area contributed by atoms with Crippen molar-refractivity contribution in [2.45, 2.75) is 102 Å². The van der Waals surface area contributed by atoms with Crippen LogP contribution in [0.4, 0.5) is 0 Å². The molecule has 5 aromatic carbocycles. The maximum atomic E-state index is 2.46. The third-order valence-corrected chi connectivity index (χ3v) is 10.6. The van der Waals surface area contributed by atoms with Crippen LogP contribution in [-0.2, 0) is 0 Å². The monoisotopic (exact) mass is 606 g/mol. The van der Waals surface area contributed by atoms with Crippen LogP contribution in [0.2, 0.25) is 0 Å². The van der Waals surface area contributed by atoms with Crippen molar-refractivity contribution in [2.24, 2.45) is 0 Å². The molecule has 0 aliphatic carbocycles. The normalized spacial score (nSPS) is 15.4. The van der Waals surface area contributed by atoms with E-state index >= 15 is 0 Å². The lowest BCUT2D eigenvalue weighted by Gasteiger charge is -2.28. The summed E-state index contributed by atoms with van der Waals surface area (Å²) in [4.78, 5) is 0. The van der Waals surface area contributed by atoms with Crippen molar-refractivity contribution < 1.29 is 0 Å². The van der Waals surface area contributed by atoms with Gasteiger partial charge in [0, 0.05) is 0 Å². The van der Waals surface area contributed by atoms with Crippen molar-refractivity contribution in [1.29, 1.82) is 0 Å². The van der Waals surface area contributed by atoms with Crippen LogP contribution >= 0.6 is 0 Å². The van der Waals surface area contributed by atoms with Crippen molar-refractivity contribution >= 4 is 0 Å². The highest BCUT2D eigenvalue weighted by Crippen LogP contribution is 2.41. The summed E-state index contributed by atoms with van der Waals surface area (Å²) in [6, 6.07) is 54.4. The molecule has 5 aromatic rings. The molecule has 0 amide bonds. The van der Waals surface area contributed by atoms with Crippen molar-refractivity contribution in [1.82, 2.24) is 0 Å². The quantitative estimate of drug-likeness (QED) is 0.105. The predicted molar refractivity (Wildman–Crippen MR) is 199 cm³/mol. The molecule has 6 unspecified atom stereocenters. The molecule has 0 aromatic heterocycles. The van der Waals surface area contributed by atoms with E-state index in [4.69, 9.17) is 0 Å². The average molecular weight is 607 g/mol. The predicted octanol–water partition coefficient (Wildman–Crippen LogP) is 13.4. The second-order valence-corrected chi connectivity index (χ2v) is 13.7. The van der Waals surface area contributed by atoms with E-state index in [1.807, 2.05) is 0 Å². The molecule has 0 N–H and O–H groups in total. The Hall–Kier alpha value is -3.90. The summed E-state index contributed by atoms with van der Waals surface area (Å²) in [7, 11) is 0. The number of hydrogen-bond donors (Lipinski definition) is 0. The second-order valence-electron chi connectivity index (χ2n) is 13.7. The van der Waals surface area contributed by atoms with Gasteiger partial charge in [0.25, 0.3) is 0 Å². The summed E-state index contributed by atoms with van der Waals surface area (Å²) in [5, 5.41) is 0. The molecule has 0 fully saturated rings. The Labute approximate surface area is 279 Å². The van der Waals surface area contributed by atoms with E-state index < -0.39 is 0 Å². The molecule has 0 aliphatic rings. The van der Waals surface area contributed by atoms with Crippen molar-refractivity contribution in [3.63, 3.8) is 0 Å². The van der Waals surface area contributed by atoms with Gasteiger partial charge in [0.15, 0.2) is 0 Å². The molecule has 0 heterocycles. The Morgan fingerprint density at radius 1 is 0.304 bits per heavy atom. The van der Waals surface area contributed by atoms with Gasteiger partial charge in [-0.25, -0.2) is 0 Å². The number of hydrogen-bond acceptors (Lipinski definition) is 0. The summed E-state index contributed by atoms with van der Waals surface area (Å²) in [5.41, 5.74) is 8.82. The van der Waals surface area contributed by atoms with Gasteiger partial charge >= 0.3 is 0 Å². The Balaban J connectivity index is 1.32. The first kappa shape index (κ1) is 33.5. The van der Waals surface area contributed by atoms with Crippen LogP contribution in [0.5, 0.6) is 0 Å². The third kappa shape index (κ3) is 9.10. The highest BCUT2D eigenvalue weighted by Gasteiger charge is 2.24. The first-order valence-electron chi connectivity index (χ1n) is 17.8. The van der Waals surface area contributed by atoms with Crippen LogP contribution in [-0.4, -0.2) is 0 Å². The van der Waals surface area contributed by atoms with Crippen molar-refractivity contribution in [2.75, 3.05) is 0 Å². The molecular weight excluding hydrogens is 553 g/mol. The summed E-state index contributed by atoms with van der Waals surface area (Å²) in [6.45, 7) is 9.54. The van der Waals surface area contributed by atoms with Gasteiger partial charge in [0.1, 0.15) is 0 Å². The Kier molecular flexibility index (Phi) is 12.5. The Morgan fingerprint density at radius 3 is 0.848 bits per heavy atom. The molecule has 0 nitrogen and oxygen atoms in total. The molecule has 46 heavy (non-hydrogen) atoms. The van der Waals surface area contributed by atoms with Crippen molar-refractivity contribution in [3.8, 4) is 0 Å². The van der Waals surface area contributed by atoms with Crippen LogP contribution < -0.4 is 0 Å². The summed E-state index contributed by atoms with van der Waals surface area (Å²) in [5.74, 6) is 3.21. The van der Waals surface area contributed by atoms with Crippen LogP contribution in [0.25, 0.3) is 0 Å². The van der Waals surface area contributed by atoms with Crippen molar-refractivity contribution in [3.05, 3.63) is 179 Å². The molecule has 0 saturated heterocycles. The lowest BCUT2D eigenvalue weighted by Crippen LogP contribution is -2.11. The van der Waals surface area contributed by atoms with Gasteiger partial charge in [-0.2, -0.15) is 0 Å². The van der Waals surface area contributed by atoms with Gasteiger partial charge in [-0.1, -0.05) is 173 Å². The van der Waals surface area contributed by atoms with Crippen LogP contribution in [0.15, 0.2) is 146 Å². The SMILES string of the molecule is CCC(CC(CC(C)c1ccccc1)c1ccccc1)c1ccc(C(CC)CC(CC(C)c2ccccc2)c2ccccc2)cc1. The van der Waals surface area contributed by atoms with E-state index in [2.05, 4.69) is 173 Å². The van der Waals surface area contributed by atoms with E-state index in [0.717, 1.165) is 12.8 Å². The van der Waals surface area contributed by atoms with Gasteiger partial charge in [-0.3, -0.25) is 0 Å². The molecule has 238 valence electrons. The fourth-order valence-corrected chi connectivity index (χ4v) is 7.68. The highest BCUT2D eigenvalue weighted by atomic mass is 14.3. The zero-order chi connectivity index (χ0) is 32.1. The Bertz CT molecular complexity index is 1400. The third-order valence-electron chi connectivity index (χ3n) is 10.6. The summed E-state index contributed by atoms with van der Waals surface area (Å²) < 4.78 is 0. The summed E-state index contributed by atoms with van der Waals surface area (Å²) >= 11 is 0. The first-order valence-corrected chi connectivity index (χ1v) is 17.8. The van der Waals surface area contributed by atoms with E-state index in [9.17, 15) is 0 Å². The molecule has 0 saturated carbocycles. The lowest BCUT2D eigenvalue weighted by atomic mass is 9.77. The van der Waals surface area contributed by atoms with E-state index in [-0.39, 0.29) is 0 Å². The molecule has 0 radical (unpaired) electrons. The maximum Gasteiger partial charge on any atom is -0.0150 e. The largest absolute Gasteiger partial charge is 0.0648 e. The van der Waals surface area contributed by atoms with E-state index in [1.165, 1.54) is 59.1 Å². The van der Waals surface area contributed by atoms with Gasteiger partial charge in [-0.05, 0) is 107 Å². The minimum Gasteiger partial charge on any atom is -0.0648 e. The minimum atomic E-state index is 0.527. The smallest absolute Gasteiger partial charge is 0.0150 e. The van der Waals surface area contributed by atoms with E-state index in [1.54, 1.807) is 0 Å². The zero-order valence-corrected chi connectivity index (χ0v) is 28.6. The molecule has 0 spiro atoms. The van der Waals surface area contributed by atoms with Crippen LogP contribution in [0.1, 0.15) is 135 Å². The fourth-order valence-electron chi connectivity index (χ4n) is 7.68. The van der Waals surface area contributed by atoms with Gasteiger partial charge in [0.2, 0.25) is 0 Å². The molecular formula is C46H54. The molecule has 0 bridgehead atoms. The minimum absolute atomic E-state index is 0.527. The molecule has 5 rings (SSSR count). The second kappa shape index (κ2) is 17.1. The van der Waals surface area contributed by atoms with Crippen LogP contribution in [0.3, 0.4) is 0 Å². The standard InChI is InChI=1S/C46H54/c1-5-37(33-45(41-23-15-9-16-24-41)31-35(3)39-19-11-7-12-20-39)43-27-29-44(30-28-43)38(6-2)34-46(42-25-17-10-18-26-42)32-36(4)40-21-13-8-14-22-40/h7-30,35-38,45-46H,5-6,31-34H2,1-4H3. The van der Waals surface area contributed by atoms with E-state index in [0.29, 0.717) is 35.5 Å². The Morgan fingerprint density at radius 2 is 0.565 bits per heavy atom. The van der Waals surface area contributed by atoms with Gasteiger partial charge in [-0.15, -0.1) is 0 Å². The average Bonchev–Trinajstić information content (AvgIpc) is 3.13. The first-order chi connectivity index (χ1) is 22.6. The lowest BCUT2D eigenvalue weighted by molar-refractivity contribution is 0.464. The maximum absolute atomic E-state index is 2.46. The summed E-state index contributed by atoms with van der Waals surface area (Å²) in [6.07, 6.45) is 7.02. The number of benzene rings is 5. The topological polar surface area (TPSA) is 0 Å². The van der Waals surface area contributed by atoms with Gasteiger partial charge < -0.3 is 0 Å². The zero-order valence-electron chi connectivity index (χ0n) is 28.6. The molecule has 0 aliphatic heterocycles. The molecule has 0 heteroatoms. The number of rotatable bonds is 16. The molecule has 6 atom stereocenters. The fraction of sp³-hybridized carbons (Fsp3) is 0.348. The van der Waals surface area contributed by atoms with Gasteiger partial charge in [0.05, 0.1) is 0 Å².